The van der Waals surface area contributed by atoms with Gasteiger partial charge in [-0.05, 0) is 31.9 Å². The number of guanidine groups is 1. The number of aliphatic imine (C=N–C) groups is 1. The van der Waals surface area contributed by atoms with Crippen molar-refractivity contribution in [2.24, 2.45) is 4.99 Å². The van der Waals surface area contributed by atoms with Gasteiger partial charge in [-0.15, -0.1) is 0 Å². The minimum absolute atomic E-state index is 0.289. The fourth-order valence-corrected chi connectivity index (χ4v) is 5.38. The number of thioether (sulfide) groups is 1. The van der Waals surface area contributed by atoms with Crippen molar-refractivity contribution in [2.45, 2.75) is 44.6 Å². The van der Waals surface area contributed by atoms with E-state index in [4.69, 9.17) is 4.99 Å². The maximum atomic E-state index is 12.6. The first kappa shape index (κ1) is 21.7. The van der Waals surface area contributed by atoms with Gasteiger partial charge >= 0.3 is 0 Å². The van der Waals surface area contributed by atoms with Crippen LogP contribution in [0.15, 0.2) is 4.99 Å². The van der Waals surface area contributed by atoms with Crippen LogP contribution in [0.5, 0.6) is 0 Å². The quantitative estimate of drug-likeness (QED) is 0.516. The van der Waals surface area contributed by atoms with Crippen LogP contribution in [-0.4, -0.2) is 108 Å². The van der Waals surface area contributed by atoms with Gasteiger partial charge in [0.15, 0.2) is 5.96 Å². The summed E-state index contributed by atoms with van der Waals surface area (Å²) in [5.41, 5.74) is -0.646. The monoisotopic (exact) mass is 411 g/mol. The van der Waals surface area contributed by atoms with Crippen molar-refractivity contribution in [2.75, 3.05) is 70.4 Å². The van der Waals surface area contributed by atoms with E-state index in [-0.39, 0.29) is 5.91 Å². The highest BCUT2D eigenvalue weighted by Gasteiger charge is 2.32. The number of hydrogen-bond acceptors (Lipinski definition) is 5. The van der Waals surface area contributed by atoms with E-state index < -0.39 is 5.60 Å². The number of rotatable bonds is 5. The summed E-state index contributed by atoms with van der Waals surface area (Å²) in [5.74, 6) is 2.98. The van der Waals surface area contributed by atoms with Crippen molar-refractivity contribution in [3.63, 3.8) is 0 Å². The Morgan fingerprint density at radius 3 is 2.39 bits per heavy atom. The lowest BCUT2D eigenvalue weighted by atomic mass is 10.0. The Kier molecular flexibility index (Phi) is 8.29. The van der Waals surface area contributed by atoms with E-state index in [1.165, 1.54) is 12.8 Å². The van der Waals surface area contributed by atoms with Gasteiger partial charge in [0.25, 0.3) is 0 Å². The molecule has 0 aromatic rings. The third-order valence-electron chi connectivity index (χ3n) is 5.93. The molecule has 1 unspecified atom stereocenters. The lowest BCUT2D eigenvalue weighted by Crippen LogP contribution is -2.54. The largest absolute Gasteiger partial charge is 0.387 e. The zero-order valence-corrected chi connectivity index (χ0v) is 18.2. The van der Waals surface area contributed by atoms with Crippen molar-refractivity contribution in [1.29, 1.82) is 0 Å². The summed E-state index contributed by atoms with van der Waals surface area (Å²) in [7, 11) is 0. The number of nitrogens with zero attached hydrogens (tertiary/aromatic N) is 4. The molecule has 0 spiro atoms. The van der Waals surface area contributed by atoms with Crippen LogP contribution in [0.3, 0.4) is 0 Å². The first-order valence-corrected chi connectivity index (χ1v) is 12.1. The molecule has 0 aromatic carbocycles. The summed E-state index contributed by atoms with van der Waals surface area (Å²) < 4.78 is 0. The molecule has 0 aliphatic carbocycles. The molecule has 160 valence electrons. The predicted molar refractivity (Wildman–Crippen MR) is 116 cm³/mol. The van der Waals surface area contributed by atoms with E-state index in [1.807, 2.05) is 0 Å². The maximum absolute atomic E-state index is 12.6. The fourth-order valence-electron chi connectivity index (χ4n) is 4.10. The van der Waals surface area contributed by atoms with E-state index in [9.17, 15) is 9.90 Å². The number of hydrogen-bond donors (Lipinski definition) is 2. The summed E-state index contributed by atoms with van der Waals surface area (Å²) in [5, 5.41) is 13.9. The second-order valence-electron chi connectivity index (χ2n) is 8.26. The topological polar surface area (TPSA) is 71.4 Å². The summed E-state index contributed by atoms with van der Waals surface area (Å²) in [6, 6.07) is 0. The molecule has 0 radical (unpaired) electrons. The molecular weight excluding hydrogens is 374 g/mol. The molecule has 1 amide bonds. The summed E-state index contributed by atoms with van der Waals surface area (Å²) >= 11 is 1.80. The highest BCUT2D eigenvalue weighted by molar-refractivity contribution is 7.99. The van der Waals surface area contributed by atoms with E-state index >= 15 is 0 Å². The van der Waals surface area contributed by atoms with Crippen LogP contribution in [0.4, 0.5) is 0 Å². The summed E-state index contributed by atoms with van der Waals surface area (Å²) in [6.07, 6.45) is 5.62. The van der Waals surface area contributed by atoms with Gasteiger partial charge in [0, 0.05) is 51.6 Å². The Labute approximate surface area is 173 Å². The number of carbonyl (C=O) groups excluding carboxylic acids is 1. The van der Waals surface area contributed by atoms with E-state index in [1.54, 1.807) is 11.8 Å². The SMILES string of the molecule is CCNC(=NCC1(O)CCSC1)N1CCN(CC(=O)N2CCCCCC2)CC1. The number of piperazine rings is 1. The molecule has 3 aliphatic heterocycles. The fraction of sp³-hybridized carbons (Fsp3) is 0.900. The second kappa shape index (κ2) is 10.7. The van der Waals surface area contributed by atoms with Crippen molar-refractivity contribution in [3.8, 4) is 0 Å². The second-order valence-corrected chi connectivity index (χ2v) is 9.36. The maximum Gasteiger partial charge on any atom is 0.236 e. The van der Waals surface area contributed by atoms with E-state index in [2.05, 4.69) is 26.9 Å². The molecule has 7 nitrogen and oxygen atoms in total. The Bertz CT molecular complexity index is 523. The zero-order chi connectivity index (χ0) is 19.8. The third-order valence-corrected chi connectivity index (χ3v) is 7.16. The Morgan fingerprint density at radius 1 is 1.07 bits per heavy atom. The number of amides is 1. The van der Waals surface area contributed by atoms with Crippen molar-refractivity contribution in [1.82, 2.24) is 20.0 Å². The van der Waals surface area contributed by atoms with Crippen molar-refractivity contribution in [3.05, 3.63) is 0 Å². The molecule has 3 heterocycles. The molecule has 3 rings (SSSR count). The summed E-state index contributed by atoms with van der Waals surface area (Å²) in [4.78, 5) is 24.0. The Balaban J connectivity index is 1.47. The average molecular weight is 412 g/mol. The van der Waals surface area contributed by atoms with Gasteiger partial charge < -0.3 is 20.2 Å². The minimum atomic E-state index is -0.646. The molecule has 8 heteroatoms. The van der Waals surface area contributed by atoms with Crippen molar-refractivity contribution < 1.29 is 9.90 Å². The van der Waals surface area contributed by atoms with Gasteiger partial charge in [0.05, 0.1) is 18.7 Å². The van der Waals surface area contributed by atoms with Gasteiger partial charge in [0.1, 0.15) is 0 Å². The molecular formula is C20H37N5O2S. The highest BCUT2D eigenvalue weighted by atomic mass is 32.2. The van der Waals surface area contributed by atoms with Crippen LogP contribution >= 0.6 is 11.8 Å². The third kappa shape index (κ3) is 6.26. The molecule has 0 aromatic heterocycles. The minimum Gasteiger partial charge on any atom is -0.387 e. The smallest absolute Gasteiger partial charge is 0.236 e. The number of likely N-dealkylation sites (tertiary alicyclic amines) is 1. The molecule has 3 fully saturated rings. The normalized spacial score (nSPS) is 27.7. The van der Waals surface area contributed by atoms with Crippen molar-refractivity contribution >= 4 is 23.6 Å². The standard InChI is InChI=1S/C20H37N5O2S/c1-2-21-19(22-16-20(27)7-14-28-17-20)25-12-10-23(11-13-25)15-18(26)24-8-5-3-4-6-9-24/h27H,2-17H2,1H3,(H,21,22). The molecule has 2 N–H and O–H groups in total. The Hall–Kier alpha value is -0.990. The lowest BCUT2D eigenvalue weighted by Gasteiger charge is -2.37. The zero-order valence-electron chi connectivity index (χ0n) is 17.4. The van der Waals surface area contributed by atoms with Gasteiger partial charge in [-0.2, -0.15) is 11.8 Å². The molecule has 0 bridgehead atoms. The van der Waals surface area contributed by atoms with Crippen LogP contribution < -0.4 is 5.32 Å². The molecule has 0 saturated carbocycles. The van der Waals surface area contributed by atoms with Gasteiger partial charge in [-0.3, -0.25) is 14.7 Å². The first-order chi connectivity index (χ1) is 13.6. The molecule has 1 atom stereocenters. The van der Waals surface area contributed by atoms with Crippen LogP contribution in [0, 0.1) is 0 Å². The summed E-state index contributed by atoms with van der Waals surface area (Å²) in [6.45, 7) is 9.25. The number of aliphatic hydroxyl groups is 1. The van der Waals surface area contributed by atoms with Crippen LogP contribution in [0.1, 0.15) is 39.0 Å². The van der Waals surface area contributed by atoms with Crippen LogP contribution in [0.2, 0.25) is 0 Å². The number of nitrogens with one attached hydrogen (secondary N) is 1. The van der Waals surface area contributed by atoms with Gasteiger partial charge in [-0.1, -0.05) is 12.8 Å². The van der Waals surface area contributed by atoms with E-state index in [0.717, 1.165) is 82.5 Å². The number of carbonyl (C=O) groups is 1. The van der Waals surface area contributed by atoms with Crippen LogP contribution in [0.25, 0.3) is 0 Å². The lowest BCUT2D eigenvalue weighted by molar-refractivity contribution is -0.132. The average Bonchev–Trinajstić information content (AvgIpc) is 2.95. The Morgan fingerprint density at radius 2 is 1.79 bits per heavy atom. The predicted octanol–water partition coefficient (Wildman–Crippen LogP) is 0.840. The van der Waals surface area contributed by atoms with Crippen LogP contribution in [-0.2, 0) is 4.79 Å². The van der Waals surface area contributed by atoms with Gasteiger partial charge in [0.2, 0.25) is 5.91 Å². The molecule has 3 aliphatic rings. The first-order valence-electron chi connectivity index (χ1n) is 10.9. The highest BCUT2D eigenvalue weighted by Crippen LogP contribution is 2.28. The molecule has 28 heavy (non-hydrogen) atoms. The van der Waals surface area contributed by atoms with Gasteiger partial charge in [-0.25, -0.2) is 0 Å². The molecule has 3 saturated heterocycles. The van der Waals surface area contributed by atoms with E-state index in [0.29, 0.717) is 13.1 Å².